The Bertz CT molecular complexity index is 607. The molecule has 1 aliphatic rings. The molecule has 96 valence electrons. The summed E-state index contributed by atoms with van der Waals surface area (Å²) in [5.41, 5.74) is 2.80. The molecule has 1 heterocycles. The molecule has 0 saturated carbocycles. The number of hydrogen-bond acceptors (Lipinski definition) is 2. The van der Waals surface area contributed by atoms with E-state index in [1.165, 1.54) is 0 Å². The molecule has 0 radical (unpaired) electrons. The Morgan fingerprint density at radius 1 is 1.00 bits per heavy atom. The zero-order valence-electron chi connectivity index (χ0n) is 10.5. The molecule has 0 spiro atoms. The summed E-state index contributed by atoms with van der Waals surface area (Å²) in [7, 11) is 0. The number of fused-ring (bicyclic) bond motifs is 1. The number of amides is 1. The van der Waals surface area contributed by atoms with E-state index in [0.29, 0.717) is 19.4 Å². The first-order chi connectivity index (χ1) is 9.25. The van der Waals surface area contributed by atoms with Crippen LogP contribution in [0.25, 0.3) is 0 Å². The van der Waals surface area contributed by atoms with Crippen molar-refractivity contribution in [2.75, 3.05) is 4.90 Å². The van der Waals surface area contributed by atoms with Gasteiger partial charge in [-0.25, -0.2) is 0 Å². The lowest BCUT2D eigenvalue weighted by atomic mass is 9.99. The molecule has 3 rings (SSSR count). The summed E-state index contributed by atoms with van der Waals surface area (Å²) in [6.07, 6.45) is 1.07. The first-order valence-corrected chi connectivity index (χ1v) is 6.41. The van der Waals surface area contributed by atoms with Crippen molar-refractivity contribution in [3.8, 4) is 5.75 Å². The molecule has 1 aliphatic heterocycles. The molecule has 3 heteroatoms. The van der Waals surface area contributed by atoms with Crippen molar-refractivity contribution >= 4 is 11.6 Å². The van der Waals surface area contributed by atoms with Gasteiger partial charge in [0.25, 0.3) is 0 Å². The first-order valence-electron chi connectivity index (χ1n) is 6.41. The second-order valence-electron chi connectivity index (χ2n) is 4.74. The number of anilines is 1. The van der Waals surface area contributed by atoms with Crippen LogP contribution in [0, 0.1) is 0 Å². The minimum absolute atomic E-state index is 0.113. The van der Waals surface area contributed by atoms with E-state index in [-0.39, 0.29) is 11.7 Å². The van der Waals surface area contributed by atoms with Crippen LogP contribution in [0.1, 0.15) is 17.5 Å². The van der Waals surface area contributed by atoms with E-state index in [9.17, 15) is 9.90 Å². The van der Waals surface area contributed by atoms with Gasteiger partial charge in [-0.15, -0.1) is 0 Å². The smallest absolute Gasteiger partial charge is 0.227 e. The molecular formula is C16H15NO2. The van der Waals surface area contributed by atoms with Crippen LogP contribution in [0.4, 0.5) is 5.69 Å². The quantitative estimate of drug-likeness (QED) is 0.894. The van der Waals surface area contributed by atoms with E-state index >= 15 is 0 Å². The summed E-state index contributed by atoms with van der Waals surface area (Å²) in [6, 6.07) is 15.3. The van der Waals surface area contributed by atoms with Gasteiger partial charge in [-0.05, 0) is 24.1 Å². The Hall–Kier alpha value is -2.29. The largest absolute Gasteiger partial charge is 0.508 e. The summed E-state index contributed by atoms with van der Waals surface area (Å²) in [6.45, 7) is 0.552. The van der Waals surface area contributed by atoms with E-state index in [1.807, 2.05) is 36.4 Å². The molecular weight excluding hydrogens is 238 g/mol. The maximum Gasteiger partial charge on any atom is 0.227 e. The molecule has 0 saturated heterocycles. The minimum Gasteiger partial charge on any atom is -0.508 e. The summed E-state index contributed by atoms with van der Waals surface area (Å²) < 4.78 is 0. The number of phenolic OH excluding ortho intramolecular Hbond substituents is 1. The number of carbonyl (C=O) groups is 1. The summed E-state index contributed by atoms with van der Waals surface area (Å²) in [4.78, 5) is 13.9. The Kier molecular flexibility index (Phi) is 2.95. The highest BCUT2D eigenvalue weighted by atomic mass is 16.3. The van der Waals surface area contributed by atoms with Gasteiger partial charge >= 0.3 is 0 Å². The Labute approximate surface area is 112 Å². The Balaban J connectivity index is 1.98. The number of aromatic hydroxyl groups is 1. The highest BCUT2D eigenvalue weighted by molar-refractivity contribution is 5.96. The lowest BCUT2D eigenvalue weighted by Gasteiger charge is -2.29. The zero-order valence-corrected chi connectivity index (χ0v) is 10.5. The minimum atomic E-state index is 0.113. The fourth-order valence-electron chi connectivity index (χ4n) is 2.51. The number of benzene rings is 2. The molecule has 1 amide bonds. The molecule has 0 aromatic heterocycles. The molecule has 0 aliphatic carbocycles. The molecule has 0 atom stereocenters. The Morgan fingerprint density at radius 2 is 1.79 bits per heavy atom. The van der Waals surface area contributed by atoms with Crippen LogP contribution in [0.2, 0.25) is 0 Å². The van der Waals surface area contributed by atoms with Crippen molar-refractivity contribution in [2.45, 2.75) is 19.4 Å². The molecule has 3 nitrogen and oxygen atoms in total. The Morgan fingerprint density at radius 3 is 2.58 bits per heavy atom. The highest BCUT2D eigenvalue weighted by Gasteiger charge is 2.25. The number of carbonyl (C=O) groups excluding carboxylic acids is 1. The monoisotopic (exact) mass is 253 g/mol. The van der Waals surface area contributed by atoms with Gasteiger partial charge in [0.15, 0.2) is 0 Å². The fraction of sp³-hybridized carbons (Fsp3) is 0.188. The van der Waals surface area contributed by atoms with Gasteiger partial charge in [0.1, 0.15) is 5.75 Å². The highest BCUT2D eigenvalue weighted by Crippen LogP contribution is 2.34. The van der Waals surface area contributed by atoms with Crippen LogP contribution in [-0.4, -0.2) is 11.0 Å². The summed E-state index contributed by atoms with van der Waals surface area (Å²) in [5, 5.41) is 9.89. The standard InChI is InChI=1S/C16H15NO2/c18-15-8-4-7-14-13(15)9-10-16(19)17(14)11-12-5-2-1-3-6-12/h1-8,18H,9-11H2. The van der Waals surface area contributed by atoms with Crippen LogP contribution in [-0.2, 0) is 17.8 Å². The molecule has 2 aromatic rings. The van der Waals surface area contributed by atoms with Gasteiger partial charge in [0, 0.05) is 12.0 Å². The normalized spacial score (nSPS) is 14.3. The third-order valence-corrected chi connectivity index (χ3v) is 3.49. The predicted molar refractivity (Wildman–Crippen MR) is 74.1 cm³/mol. The van der Waals surface area contributed by atoms with Crippen molar-refractivity contribution in [2.24, 2.45) is 0 Å². The molecule has 1 N–H and O–H groups in total. The van der Waals surface area contributed by atoms with E-state index in [2.05, 4.69) is 0 Å². The van der Waals surface area contributed by atoms with E-state index in [0.717, 1.165) is 16.8 Å². The predicted octanol–water partition coefficient (Wildman–Crippen LogP) is 2.87. The van der Waals surface area contributed by atoms with Gasteiger partial charge in [-0.3, -0.25) is 4.79 Å². The molecule has 0 bridgehead atoms. The second kappa shape index (κ2) is 4.76. The van der Waals surface area contributed by atoms with Crippen molar-refractivity contribution in [3.05, 3.63) is 59.7 Å². The third-order valence-electron chi connectivity index (χ3n) is 3.49. The molecule has 0 unspecified atom stereocenters. The average Bonchev–Trinajstić information content (AvgIpc) is 2.43. The average molecular weight is 253 g/mol. The first kappa shape index (κ1) is 11.8. The van der Waals surface area contributed by atoms with Crippen LogP contribution in [0.3, 0.4) is 0 Å². The summed E-state index contributed by atoms with van der Waals surface area (Å²) >= 11 is 0. The third kappa shape index (κ3) is 2.19. The number of hydrogen-bond donors (Lipinski definition) is 1. The topological polar surface area (TPSA) is 40.5 Å². The van der Waals surface area contributed by atoms with E-state index < -0.39 is 0 Å². The van der Waals surface area contributed by atoms with Gasteiger partial charge in [-0.2, -0.15) is 0 Å². The maximum atomic E-state index is 12.1. The van der Waals surface area contributed by atoms with Crippen molar-refractivity contribution in [3.63, 3.8) is 0 Å². The van der Waals surface area contributed by atoms with Gasteiger partial charge in [0.05, 0.1) is 12.2 Å². The van der Waals surface area contributed by atoms with Gasteiger partial charge in [0.2, 0.25) is 5.91 Å². The van der Waals surface area contributed by atoms with Crippen molar-refractivity contribution < 1.29 is 9.90 Å². The second-order valence-corrected chi connectivity index (χ2v) is 4.74. The number of rotatable bonds is 2. The maximum absolute atomic E-state index is 12.1. The van der Waals surface area contributed by atoms with Crippen molar-refractivity contribution in [1.29, 1.82) is 0 Å². The fourth-order valence-corrected chi connectivity index (χ4v) is 2.51. The van der Waals surface area contributed by atoms with Crippen LogP contribution >= 0.6 is 0 Å². The van der Waals surface area contributed by atoms with Crippen molar-refractivity contribution in [1.82, 2.24) is 0 Å². The van der Waals surface area contributed by atoms with Gasteiger partial charge < -0.3 is 10.0 Å². The number of nitrogens with zero attached hydrogens (tertiary/aromatic N) is 1. The number of phenols is 1. The van der Waals surface area contributed by atoms with Gasteiger partial charge in [-0.1, -0.05) is 36.4 Å². The van der Waals surface area contributed by atoms with Crippen LogP contribution < -0.4 is 4.90 Å². The zero-order chi connectivity index (χ0) is 13.2. The molecule has 0 fully saturated rings. The summed E-state index contributed by atoms with van der Waals surface area (Å²) in [5.74, 6) is 0.394. The van der Waals surface area contributed by atoms with Crippen LogP contribution in [0.5, 0.6) is 5.75 Å². The lowest BCUT2D eigenvalue weighted by Crippen LogP contribution is -2.34. The molecule has 2 aromatic carbocycles. The SMILES string of the molecule is O=C1CCc2c(O)cccc2N1Cc1ccccc1. The lowest BCUT2D eigenvalue weighted by molar-refractivity contribution is -0.119. The van der Waals surface area contributed by atoms with Crippen LogP contribution in [0.15, 0.2) is 48.5 Å². The van der Waals surface area contributed by atoms with E-state index in [1.54, 1.807) is 17.0 Å². The molecule has 19 heavy (non-hydrogen) atoms. The van der Waals surface area contributed by atoms with E-state index in [4.69, 9.17) is 0 Å².